The predicted molar refractivity (Wildman–Crippen MR) is 85.5 cm³/mol. The molecule has 4 rings (SSSR count). The first kappa shape index (κ1) is 14.3. The Morgan fingerprint density at radius 2 is 2.00 bits per heavy atom. The molecule has 0 radical (unpaired) electrons. The number of benzene rings is 1. The molecule has 2 aliphatic carbocycles. The van der Waals surface area contributed by atoms with Gasteiger partial charge >= 0.3 is 5.97 Å². The van der Waals surface area contributed by atoms with Crippen molar-refractivity contribution in [3.8, 4) is 0 Å². The molecule has 5 heteroatoms. The number of hydrogen-bond acceptors (Lipinski definition) is 3. The minimum atomic E-state index is -0.452. The Morgan fingerprint density at radius 3 is 2.70 bits per heavy atom. The van der Waals surface area contributed by atoms with Crippen LogP contribution in [0, 0.1) is 10.8 Å². The van der Waals surface area contributed by atoms with Gasteiger partial charge in [0.1, 0.15) is 0 Å². The molecule has 2 aliphatic rings. The summed E-state index contributed by atoms with van der Waals surface area (Å²) in [6.07, 6.45) is 7.23. The van der Waals surface area contributed by atoms with Crippen molar-refractivity contribution < 1.29 is 14.4 Å². The molecule has 2 saturated carbocycles. The van der Waals surface area contributed by atoms with Gasteiger partial charge in [-0.05, 0) is 50.2 Å². The number of aromatic amines is 1. The minimum absolute atomic E-state index is 0.331. The second-order valence-corrected chi connectivity index (χ2v) is 7.34. The lowest BCUT2D eigenvalue weighted by Gasteiger charge is -2.58. The van der Waals surface area contributed by atoms with Crippen molar-refractivity contribution in [1.29, 1.82) is 0 Å². The van der Waals surface area contributed by atoms with Gasteiger partial charge in [-0.1, -0.05) is 18.6 Å². The second-order valence-electron chi connectivity index (χ2n) is 7.34. The third-order valence-electron chi connectivity index (χ3n) is 5.51. The molecule has 1 aromatic carbocycles. The molecule has 0 aliphatic heterocycles. The van der Waals surface area contributed by atoms with E-state index in [2.05, 4.69) is 10.5 Å². The van der Waals surface area contributed by atoms with Gasteiger partial charge in [-0.15, -0.1) is 0 Å². The lowest BCUT2D eigenvalue weighted by Crippen LogP contribution is -2.54. The van der Waals surface area contributed by atoms with Crippen LogP contribution in [0.25, 0.3) is 10.9 Å². The van der Waals surface area contributed by atoms with Crippen molar-refractivity contribution in [3.63, 3.8) is 0 Å². The zero-order valence-corrected chi connectivity index (χ0v) is 13.1. The number of H-pyrrole nitrogens is 1. The molecule has 0 unspecified atom stereocenters. The molecule has 1 amide bonds. The average Bonchev–Trinajstić information content (AvgIpc) is 2.95. The van der Waals surface area contributed by atoms with Gasteiger partial charge in [-0.3, -0.25) is 4.79 Å². The Labute approximate surface area is 134 Å². The zero-order valence-electron chi connectivity index (χ0n) is 13.1. The first-order valence-corrected chi connectivity index (χ1v) is 8.09. The van der Waals surface area contributed by atoms with Gasteiger partial charge in [0.25, 0.3) is 5.91 Å². The van der Waals surface area contributed by atoms with Crippen LogP contribution >= 0.6 is 0 Å². The molecule has 0 atom stereocenters. The number of amides is 1. The Balaban J connectivity index is 1.40. The summed E-state index contributed by atoms with van der Waals surface area (Å²) in [5.41, 5.74) is 3.45. The zero-order chi connectivity index (χ0) is 16.1. The molecule has 2 fully saturated rings. The second kappa shape index (κ2) is 4.85. The van der Waals surface area contributed by atoms with Crippen LogP contribution in [0.5, 0.6) is 0 Å². The third kappa shape index (κ3) is 2.22. The first-order valence-electron chi connectivity index (χ1n) is 8.09. The maximum atomic E-state index is 12.3. The molecule has 5 nitrogen and oxygen atoms in total. The summed E-state index contributed by atoms with van der Waals surface area (Å²) in [5.74, 6) is -0.741. The lowest BCUT2D eigenvalue weighted by molar-refractivity contribution is -0.183. The van der Waals surface area contributed by atoms with Crippen molar-refractivity contribution in [1.82, 2.24) is 10.5 Å². The number of fused-ring (bicyclic) bond motifs is 1. The summed E-state index contributed by atoms with van der Waals surface area (Å²) < 4.78 is 0. The highest BCUT2D eigenvalue weighted by Gasteiger charge is 2.59. The van der Waals surface area contributed by atoms with Crippen LogP contribution in [-0.4, -0.2) is 16.9 Å². The third-order valence-corrected chi connectivity index (χ3v) is 5.51. The number of hydrogen-bond donors (Lipinski definition) is 2. The molecular formula is C18H20N2O3. The predicted octanol–water partition coefficient (Wildman–Crippen LogP) is 3.33. The number of nitrogens with one attached hydrogen (secondary N) is 2. The monoisotopic (exact) mass is 312 g/mol. The number of aromatic nitrogens is 1. The SMILES string of the molecule is CC1(C(=O)ONC(=O)c2cccc3cc[nH]c23)CC2(CCC2)C1. The number of carbonyl (C=O) groups is 2. The van der Waals surface area contributed by atoms with E-state index in [1.165, 1.54) is 19.3 Å². The molecule has 1 spiro atoms. The fourth-order valence-corrected chi connectivity index (χ4v) is 4.32. The molecule has 1 heterocycles. The molecule has 23 heavy (non-hydrogen) atoms. The van der Waals surface area contributed by atoms with E-state index in [4.69, 9.17) is 4.84 Å². The summed E-state index contributed by atoms with van der Waals surface area (Å²) in [6.45, 7) is 1.93. The number of para-hydroxylation sites is 1. The van der Waals surface area contributed by atoms with Gasteiger partial charge < -0.3 is 9.82 Å². The highest BCUT2D eigenvalue weighted by Crippen LogP contribution is 2.64. The van der Waals surface area contributed by atoms with Crippen molar-refractivity contribution in [2.24, 2.45) is 10.8 Å². The molecule has 0 bridgehead atoms. The fourth-order valence-electron chi connectivity index (χ4n) is 4.32. The number of rotatable bonds is 2. The van der Waals surface area contributed by atoms with Crippen LogP contribution in [-0.2, 0) is 9.63 Å². The Hall–Kier alpha value is -2.30. The maximum absolute atomic E-state index is 12.3. The largest absolute Gasteiger partial charge is 0.361 e. The highest BCUT2D eigenvalue weighted by molar-refractivity contribution is 6.05. The van der Waals surface area contributed by atoms with Crippen LogP contribution in [0.2, 0.25) is 0 Å². The summed E-state index contributed by atoms with van der Waals surface area (Å²) in [4.78, 5) is 32.7. The highest BCUT2D eigenvalue weighted by atomic mass is 16.7. The molecule has 120 valence electrons. The van der Waals surface area contributed by atoms with E-state index in [1.54, 1.807) is 18.3 Å². The minimum Gasteiger partial charge on any atom is -0.361 e. The molecule has 2 N–H and O–H groups in total. The standard InChI is InChI=1S/C18H20N2O3/c1-17(10-18(11-17)7-3-8-18)16(22)23-20-15(21)13-5-2-4-12-6-9-19-14(12)13/h2,4-6,9,19H,3,7-8,10-11H2,1H3,(H,20,21). The smallest absolute Gasteiger partial charge is 0.338 e. The Bertz CT molecular complexity index is 780. The Morgan fingerprint density at radius 1 is 1.22 bits per heavy atom. The van der Waals surface area contributed by atoms with Gasteiger partial charge in [0.2, 0.25) is 0 Å². The van der Waals surface area contributed by atoms with Crippen LogP contribution in [0.3, 0.4) is 0 Å². The summed E-state index contributed by atoms with van der Waals surface area (Å²) >= 11 is 0. The van der Waals surface area contributed by atoms with Crippen LogP contribution in [0.15, 0.2) is 30.5 Å². The van der Waals surface area contributed by atoms with Gasteiger partial charge in [-0.25, -0.2) is 4.79 Å². The van der Waals surface area contributed by atoms with Crippen LogP contribution in [0.4, 0.5) is 0 Å². The summed E-state index contributed by atoms with van der Waals surface area (Å²) in [7, 11) is 0. The van der Waals surface area contributed by atoms with Crippen molar-refractivity contribution in [2.75, 3.05) is 0 Å². The number of carbonyl (C=O) groups excluding carboxylic acids is 2. The van der Waals surface area contributed by atoms with E-state index in [1.807, 2.05) is 19.1 Å². The number of hydroxylamine groups is 1. The summed E-state index contributed by atoms with van der Waals surface area (Å²) in [5, 5.41) is 0.946. The quantitative estimate of drug-likeness (QED) is 0.836. The van der Waals surface area contributed by atoms with E-state index in [9.17, 15) is 9.59 Å². The molecule has 0 saturated heterocycles. The average molecular weight is 312 g/mol. The van der Waals surface area contributed by atoms with Gasteiger partial charge in [0, 0.05) is 11.6 Å². The van der Waals surface area contributed by atoms with Gasteiger partial charge in [-0.2, -0.15) is 5.48 Å². The van der Waals surface area contributed by atoms with Gasteiger partial charge in [0.15, 0.2) is 0 Å². The van der Waals surface area contributed by atoms with E-state index < -0.39 is 11.3 Å². The normalized spacial score (nSPS) is 20.6. The van der Waals surface area contributed by atoms with E-state index in [0.717, 1.165) is 23.7 Å². The topological polar surface area (TPSA) is 71.2 Å². The van der Waals surface area contributed by atoms with E-state index in [0.29, 0.717) is 11.0 Å². The van der Waals surface area contributed by atoms with Crippen molar-refractivity contribution in [3.05, 3.63) is 36.0 Å². The molecular weight excluding hydrogens is 292 g/mol. The van der Waals surface area contributed by atoms with E-state index in [-0.39, 0.29) is 5.97 Å². The molecule has 1 aromatic heterocycles. The Kier molecular flexibility index (Phi) is 3.01. The summed E-state index contributed by atoms with van der Waals surface area (Å²) in [6, 6.07) is 7.32. The van der Waals surface area contributed by atoms with Crippen LogP contribution in [0.1, 0.15) is 49.4 Å². The first-order chi connectivity index (χ1) is 11.0. The van der Waals surface area contributed by atoms with Crippen molar-refractivity contribution in [2.45, 2.75) is 39.0 Å². The van der Waals surface area contributed by atoms with E-state index >= 15 is 0 Å². The van der Waals surface area contributed by atoms with Crippen molar-refractivity contribution >= 4 is 22.8 Å². The molecule has 2 aromatic rings. The van der Waals surface area contributed by atoms with Gasteiger partial charge in [0.05, 0.1) is 16.5 Å². The maximum Gasteiger partial charge on any atom is 0.338 e. The fraction of sp³-hybridized carbons (Fsp3) is 0.444. The van der Waals surface area contributed by atoms with Crippen LogP contribution < -0.4 is 5.48 Å². The lowest BCUT2D eigenvalue weighted by atomic mass is 9.46.